The van der Waals surface area contributed by atoms with Crippen LogP contribution in [0.15, 0.2) is 23.3 Å². The van der Waals surface area contributed by atoms with Gasteiger partial charge in [0.2, 0.25) is 0 Å². The second kappa shape index (κ2) is 6.97. The maximum atomic E-state index is 11.8. The fourth-order valence-electron chi connectivity index (χ4n) is 2.49. The van der Waals surface area contributed by atoms with Crippen molar-refractivity contribution in [3.8, 4) is 11.5 Å². The van der Waals surface area contributed by atoms with Gasteiger partial charge in [0, 0.05) is 17.7 Å². The van der Waals surface area contributed by atoms with Crippen molar-refractivity contribution in [2.75, 3.05) is 0 Å². The van der Waals surface area contributed by atoms with Crippen LogP contribution in [-0.2, 0) is 0 Å². The first-order chi connectivity index (χ1) is 10.1. The molecule has 1 saturated carbocycles. The van der Waals surface area contributed by atoms with Gasteiger partial charge in [-0.05, 0) is 31.9 Å². The first kappa shape index (κ1) is 15.2. The van der Waals surface area contributed by atoms with Crippen LogP contribution in [0.3, 0.4) is 0 Å². The van der Waals surface area contributed by atoms with Crippen molar-refractivity contribution >= 4 is 11.7 Å². The van der Waals surface area contributed by atoms with Crippen LogP contribution in [0.5, 0.6) is 11.5 Å². The summed E-state index contributed by atoms with van der Waals surface area (Å²) in [6.07, 6.45) is 5.55. The molecule has 0 radical (unpaired) electrons. The van der Waals surface area contributed by atoms with E-state index in [1.807, 2.05) is 0 Å². The summed E-state index contributed by atoms with van der Waals surface area (Å²) >= 11 is 0. The Bertz CT molecular complexity index is 537. The number of carbonyl (C=O) groups excluding carboxylic acids is 1. The number of nitrogens with zero attached hydrogens (tertiary/aromatic N) is 1. The van der Waals surface area contributed by atoms with Gasteiger partial charge in [-0.2, -0.15) is 5.10 Å². The predicted molar refractivity (Wildman–Crippen MR) is 80.5 cm³/mol. The standard InChI is InChI=1S/C15H21N3O3/c1-10(13-8-7-12(19)9-14(13)20)17-18-15(21)16-11-5-3-2-4-6-11/h7-9,11,19-20H,2-6H2,1H3,(H2,16,18,21). The molecular formula is C15H21N3O3. The molecule has 0 saturated heterocycles. The fourth-order valence-corrected chi connectivity index (χ4v) is 2.49. The Hall–Kier alpha value is -2.24. The number of urea groups is 1. The van der Waals surface area contributed by atoms with Gasteiger partial charge in [-0.3, -0.25) is 0 Å². The Morgan fingerprint density at radius 3 is 2.62 bits per heavy atom. The molecule has 1 aliphatic rings. The molecule has 0 bridgehead atoms. The van der Waals surface area contributed by atoms with E-state index in [2.05, 4.69) is 15.8 Å². The molecule has 21 heavy (non-hydrogen) atoms. The number of aromatic hydroxyl groups is 2. The number of phenols is 2. The van der Waals surface area contributed by atoms with Crippen LogP contribution in [0, 0.1) is 0 Å². The molecule has 0 aromatic heterocycles. The normalized spacial score (nSPS) is 16.5. The van der Waals surface area contributed by atoms with E-state index in [4.69, 9.17) is 0 Å². The Kier molecular flexibility index (Phi) is 5.03. The molecule has 1 aliphatic carbocycles. The summed E-state index contributed by atoms with van der Waals surface area (Å²) in [5.41, 5.74) is 3.36. The quantitative estimate of drug-likeness (QED) is 0.509. The second-order valence-electron chi connectivity index (χ2n) is 5.32. The van der Waals surface area contributed by atoms with Crippen LogP contribution in [-0.4, -0.2) is 28.0 Å². The Morgan fingerprint density at radius 1 is 1.24 bits per heavy atom. The zero-order valence-corrected chi connectivity index (χ0v) is 12.1. The number of hydrogen-bond donors (Lipinski definition) is 4. The summed E-state index contributed by atoms with van der Waals surface area (Å²) in [4.78, 5) is 11.8. The molecule has 0 unspecified atom stereocenters. The average Bonchev–Trinajstić information content (AvgIpc) is 2.46. The second-order valence-corrected chi connectivity index (χ2v) is 5.32. The zero-order chi connectivity index (χ0) is 15.2. The number of amides is 2. The fraction of sp³-hybridized carbons (Fsp3) is 0.467. The number of benzene rings is 1. The molecule has 0 aliphatic heterocycles. The summed E-state index contributed by atoms with van der Waals surface area (Å²) in [7, 11) is 0. The summed E-state index contributed by atoms with van der Waals surface area (Å²) in [5, 5.41) is 25.8. The molecular weight excluding hydrogens is 270 g/mol. The molecule has 4 N–H and O–H groups in total. The number of hydrazone groups is 1. The zero-order valence-electron chi connectivity index (χ0n) is 12.1. The molecule has 0 heterocycles. The minimum atomic E-state index is -0.334. The van der Waals surface area contributed by atoms with E-state index in [0.717, 1.165) is 25.7 Å². The summed E-state index contributed by atoms with van der Waals surface area (Å²) in [6, 6.07) is 4.12. The van der Waals surface area contributed by atoms with E-state index in [-0.39, 0.29) is 23.6 Å². The van der Waals surface area contributed by atoms with Gasteiger partial charge in [0.15, 0.2) is 0 Å². The number of rotatable bonds is 3. The third-order valence-corrected chi connectivity index (χ3v) is 3.64. The number of nitrogens with one attached hydrogen (secondary N) is 2. The summed E-state index contributed by atoms with van der Waals surface area (Å²) in [5.74, 6) is -0.0993. The van der Waals surface area contributed by atoms with E-state index < -0.39 is 0 Å². The first-order valence-corrected chi connectivity index (χ1v) is 7.19. The largest absolute Gasteiger partial charge is 0.508 e. The molecule has 0 atom stereocenters. The van der Waals surface area contributed by atoms with Gasteiger partial charge >= 0.3 is 6.03 Å². The number of carbonyl (C=O) groups is 1. The van der Waals surface area contributed by atoms with Crippen LogP contribution >= 0.6 is 0 Å². The Balaban J connectivity index is 1.91. The molecule has 1 aromatic rings. The van der Waals surface area contributed by atoms with E-state index in [9.17, 15) is 15.0 Å². The highest BCUT2D eigenvalue weighted by molar-refractivity contribution is 6.01. The van der Waals surface area contributed by atoms with Crippen molar-refractivity contribution in [2.45, 2.75) is 45.1 Å². The topological polar surface area (TPSA) is 94.0 Å². The molecule has 0 spiro atoms. The van der Waals surface area contributed by atoms with Crippen molar-refractivity contribution in [3.05, 3.63) is 23.8 Å². The number of phenolic OH excluding ortho intramolecular Hbond substituents is 2. The lowest BCUT2D eigenvalue weighted by Crippen LogP contribution is -2.41. The van der Waals surface area contributed by atoms with E-state index in [1.165, 1.54) is 18.6 Å². The Labute approximate surface area is 123 Å². The first-order valence-electron chi connectivity index (χ1n) is 7.19. The third-order valence-electron chi connectivity index (χ3n) is 3.64. The smallest absolute Gasteiger partial charge is 0.335 e. The highest BCUT2D eigenvalue weighted by Crippen LogP contribution is 2.23. The molecule has 1 aromatic carbocycles. The third kappa shape index (κ3) is 4.37. The molecule has 114 valence electrons. The lowest BCUT2D eigenvalue weighted by molar-refractivity contribution is 0.233. The van der Waals surface area contributed by atoms with E-state index in [1.54, 1.807) is 13.0 Å². The van der Waals surface area contributed by atoms with E-state index in [0.29, 0.717) is 11.3 Å². The van der Waals surface area contributed by atoms with Crippen molar-refractivity contribution in [1.82, 2.24) is 10.7 Å². The van der Waals surface area contributed by atoms with Crippen LogP contribution in [0.1, 0.15) is 44.6 Å². The molecule has 6 heteroatoms. The monoisotopic (exact) mass is 291 g/mol. The van der Waals surface area contributed by atoms with Gasteiger partial charge < -0.3 is 15.5 Å². The molecule has 1 fully saturated rings. The van der Waals surface area contributed by atoms with Crippen LogP contribution in [0.2, 0.25) is 0 Å². The van der Waals surface area contributed by atoms with E-state index >= 15 is 0 Å². The van der Waals surface area contributed by atoms with Gasteiger partial charge in [0.05, 0.1) is 5.71 Å². The molecule has 2 rings (SSSR count). The maximum Gasteiger partial charge on any atom is 0.335 e. The van der Waals surface area contributed by atoms with Gasteiger partial charge in [-0.25, -0.2) is 10.2 Å². The van der Waals surface area contributed by atoms with Crippen molar-refractivity contribution in [3.63, 3.8) is 0 Å². The number of hydrogen-bond acceptors (Lipinski definition) is 4. The van der Waals surface area contributed by atoms with Crippen LogP contribution < -0.4 is 10.7 Å². The highest BCUT2D eigenvalue weighted by Gasteiger charge is 2.15. The van der Waals surface area contributed by atoms with Crippen molar-refractivity contribution in [2.24, 2.45) is 5.10 Å². The minimum Gasteiger partial charge on any atom is -0.508 e. The lowest BCUT2D eigenvalue weighted by Gasteiger charge is -2.22. The van der Waals surface area contributed by atoms with Gasteiger partial charge in [-0.15, -0.1) is 0 Å². The van der Waals surface area contributed by atoms with Crippen molar-refractivity contribution in [1.29, 1.82) is 0 Å². The molecule has 2 amide bonds. The SMILES string of the molecule is CC(=NNC(=O)NC1CCCCC1)c1ccc(O)cc1O. The van der Waals surface area contributed by atoms with Gasteiger partial charge in [-0.1, -0.05) is 19.3 Å². The van der Waals surface area contributed by atoms with Crippen LogP contribution in [0.4, 0.5) is 4.79 Å². The maximum absolute atomic E-state index is 11.8. The van der Waals surface area contributed by atoms with Gasteiger partial charge in [0.25, 0.3) is 0 Å². The van der Waals surface area contributed by atoms with Crippen LogP contribution in [0.25, 0.3) is 0 Å². The molecule has 6 nitrogen and oxygen atoms in total. The van der Waals surface area contributed by atoms with Crippen molar-refractivity contribution < 1.29 is 15.0 Å². The summed E-state index contributed by atoms with van der Waals surface area (Å²) < 4.78 is 0. The minimum absolute atomic E-state index is 0.0212. The average molecular weight is 291 g/mol. The highest BCUT2D eigenvalue weighted by atomic mass is 16.3. The van der Waals surface area contributed by atoms with Gasteiger partial charge in [0.1, 0.15) is 11.5 Å². The summed E-state index contributed by atoms with van der Waals surface area (Å²) in [6.45, 7) is 1.67. The lowest BCUT2D eigenvalue weighted by atomic mass is 9.96. The Morgan fingerprint density at radius 2 is 1.95 bits per heavy atom. The predicted octanol–water partition coefficient (Wildman–Crippen LogP) is 2.45.